The zero-order chi connectivity index (χ0) is 9.80. The van der Waals surface area contributed by atoms with Gasteiger partial charge in [0.05, 0.1) is 0 Å². The van der Waals surface area contributed by atoms with E-state index in [9.17, 15) is 0 Å². The van der Waals surface area contributed by atoms with Crippen molar-refractivity contribution >= 4 is 5.69 Å². The van der Waals surface area contributed by atoms with Crippen molar-refractivity contribution in [2.45, 2.75) is 32.7 Å². The van der Waals surface area contributed by atoms with Gasteiger partial charge in [0.2, 0.25) is 0 Å². The number of hydrogen-bond acceptors (Lipinski definition) is 1. The largest absolute Gasteiger partial charge is 0.371 e. The zero-order valence-corrected chi connectivity index (χ0v) is 8.95. The first kappa shape index (κ1) is 9.50. The summed E-state index contributed by atoms with van der Waals surface area (Å²) in [6, 6.07) is 4.46. The molecule has 1 aromatic rings. The molecule has 2 heteroatoms. The highest BCUT2D eigenvalue weighted by Crippen LogP contribution is 2.17. The van der Waals surface area contributed by atoms with Crippen LogP contribution >= 0.6 is 0 Å². The number of nitrogens with zero attached hydrogens (tertiary/aromatic N) is 2. The van der Waals surface area contributed by atoms with Crippen molar-refractivity contribution in [1.82, 2.24) is 0 Å². The molecule has 1 aliphatic rings. The minimum Gasteiger partial charge on any atom is -0.371 e. The van der Waals surface area contributed by atoms with Gasteiger partial charge in [-0.3, -0.25) is 0 Å². The Balaban J connectivity index is 2.07. The lowest BCUT2D eigenvalue weighted by Gasteiger charge is -2.28. The summed E-state index contributed by atoms with van der Waals surface area (Å²) in [5, 5.41) is 0. The SMILES string of the molecule is CC[n+]1ccc(N2CCCCC2)cc1. The second-order valence-electron chi connectivity index (χ2n) is 3.93. The normalized spacial score (nSPS) is 17.1. The van der Waals surface area contributed by atoms with E-state index in [1.807, 2.05) is 0 Å². The quantitative estimate of drug-likeness (QED) is 0.648. The maximum atomic E-state index is 2.49. The van der Waals surface area contributed by atoms with Crippen LogP contribution in [0.5, 0.6) is 0 Å². The Labute approximate surface area is 86.2 Å². The molecule has 0 amide bonds. The molecule has 0 unspecified atom stereocenters. The number of anilines is 1. The van der Waals surface area contributed by atoms with Gasteiger partial charge in [0.1, 0.15) is 6.54 Å². The van der Waals surface area contributed by atoms with E-state index in [0.29, 0.717) is 0 Å². The van der Waals surface area contributed by atoms with Crippen LogP contribution in [0.1, 0.15) is 26.2 Å². The van der Waals surface area contributed by atoms with E-state index in [0.717, 1.165) is 6.54 Å². The van der Waals surface area contributed by atoms with Gasteiger partial charge in [-0.1, -0.05) is 0 Å². The third-order valence-corrected chi connectivity index (χ3v) is 2.96. The highest BCUT2D eigenvalue weighted by atomic mass is 15.1. The van der Waals surface area contributed by atoms with Crippen LogP contribution in [0, 0.1) is 0 Å². The molecule has 0 aromatic carbocycles. The lowest BCUT2D eigenvalue weighted by Crippen LogP contribution is -2.33. The fourth-order valence-electron chi connectivity index (χ4n) is 2.02. The van der Waals surface area contributed by atoms with E-state index in [1.54, 1.807) is 0 Å². The van der Waals surface area contributed by atoms with Crippen molar-refractivity contribution in [3.8, 4) is 0 Å². The molecule has 2 heterocycles. The Bertz CT molecular complexity index is 273. The van der Waals surface area contributed by atoms with Gasteiger partial charge in [-0.05, 0) is 26.2 Å². The fraction of sp³-hybridized carbons (Fsp3) is 0.583. The molecule has 1 aromatic heterocycles. The predicted molar refractivity (Wildman–Crippen MR) is 58.4 cm³/mol. The molecule has 1 fully saturated rings. The van der Waals surface area contributed by atoms with Gasteiger partial charge in [-0.25, -0.2) is 4.57 Å². The summed E-state index contributed by atoms with van der Waals surface area (Å²) in [6.07, 6.45) is 8.44. The molecule has 0 bridgehead atoms. The summed E-state index contributed by atoms with van der Waals surface area (Å²) in [7, 11) is 0. The van der Waals surface area contributed by atoms with E-state index in [1.165, 1.54) is 38.0 Å². The van der Waals surface area contributed by atoms with Crippen LogP contribution in [0.15, 0.2) is 24.5 Å². The van der Waals surface area contributed by atoms with Crippen molar-refractivity contribution in [1.29, 1.82) is 0 Å². The number of pyridine rings is 1. The number of piperidine rings is 1. The molecule has 0 aliphatic carbocycles. The standard InChI is InChI=1S/C12H19N2/c1-2-13-10-6-12(7-11-13)14-8-4-3-5-9-14/h6-7,10-11H,2-5,8-9H2,1H3/q+1. The van der Waals surface area contributed by atoms with Crippen molar-refractivity contribution in [3.63, 3.8) is 0 Å². The average molecular weight is 191 g/mol. The smallest absolute Gasteiger partial charge is 0.170 e. The number of hydrogen-bond donors (Lipinski definition) is 0. The van der Waals surface area contributed by atoms with Gasteiger partial charge in [0, 0.05) is 30.9 Å². The van der Waals surface area contributed by atoms with E-state index < -0.39 is 0 Å². The third-order valence-electron chi connectivity index (χ3n) is 2.96. The molecule has 0 spiro atoms. The molecule has 2 rings (SSSR count). The molecule has 1 aliphatic heterocycles. The van der Waals surface area contributed by atoms with Crippen LogP contribution < -0.4 is 9.47 Å². The van der Waals surface area contributed by atoms with Crippen LogP contribution in [0.2, 0.25) is 0 Å². The van der Waals surface area contributed by atoms with Gasteiger partial charge in [-0.2, -0.15) is 0 Å². The molecule has 0 N–H and O–H groups in total. The maximum absolute atomic E-state index is 2.49. The summed E-state index contributed by atoms with van der Waals surface area (Å²) in [4.78, 5) is 2.49. The molecule has 76 valence electrons. The Morgan fingerprint density at radius 2 is 1.79 bits per heavy atom. The Morgan fingerprint density at radius 3 is 2.36 bits per heavy atom. The lowest BCUT2D eigenvalue weighted by atomic mass is 10.1. The van der Waals surface area contributed by atoms with Crippen LogP contribution in [-0.2, 0) is 6.54 Å². The first-order valence-corrected chi connectivity index (χ1v) is 5.64. The average Bonchev–Trinajstić information content (AvgIpc) is 2.30. The number of aromatic nitrogens is 1. The molecule has 0 atom stereocenters. The third kappa shape index (κ3) is 2.06. The summed E-state index contributed by atoms with van der Waals surface area (Å²) in [5.41, 5.74) is 1.38. The van der Waals surface area contributed by atoms with Crippen LogP contribution in [0.3, 0.4) is 0 Å². The second kappa shape index (κ2) is 4.45. The molecule has 1 saturated heterocycles. The highest BCUT2D eigenvalue weighted by molar-refractivity contribution is 5.43. The molecular weight excluding hydrogens is 172 g/mol. The maximum Gasteiger partial charge on any atom is 0.170 e. The minimum atomic E-state index is 1.06. The Kier molecular flexibility index (Phi) is 3.02. The highest BCUT2D eigenvalue weighted by Gasteiger charge is 2.11. The van der Waals surface area contributed by atoms with Gasteiger partial charge in [0.25, 0.3) is 0 Å². The van der Waals surface area contributed by atoms with Gasteiger partial charge < -0.3 is 4.90 Å². The van der Waals surface area contributed by atoms with Crippen LogP contribution in [-0.4, -0.2) is 13.1 Å². The van der Waals surface area contributed by atoms with Crippen molar-refractivity contribution in [3.05, 3.63) is 24.5 Å². The monoisotopic (exact) mass is 191 g/mol. The minimum absolute atomic E-state index is 1.06. The van der Waals surface area contributed by atoms with E-state index >= 15 is 0 Å². The van der Waals surface area contributed by atoms with Crippen molar-refractivity contribution in [2.75, 3.05) is 18.0 Å². The molecular formula is C12H19N2+. The van der Waals surface area contributed by atoms with Gasteiger partial charge >= 0.3 is 0 Å². The van der Waals surface area contributed by atoms with Crippen molar-refractivity contribution < 1.29 is 4.57 Å². The lowest BCUT2D eigenvalue weighted by molar-refractivity contribution is -0.693. The van der Waals surface area contributed by atoms with E-state index in [4.69, 9.17) is 0 Å². The first-order chi connectivity index (χ1) is 6.90. The number of rotatable bonds is 2. The summed E-state index contributed by atoms with van der Waals surface area (Å²) in [5.74, 6) is 0. The molecule has 0 radical (unpaired) electrons. The second-order valence-corrected chi connectivity index (χ2v) is 3.93. The van der Waals surface area contributed by atoms with E-state index in [2.05, 4.69) is 40.9 Å². The Hall–Kier alpha value is -1.05. The van der Waals surface area contributed by atoms with Crippen LogP contribution in [0.4, 0.5) is 5.69 Å². The molecule has 2 nitrogen and oxygen atoms in total. The number of aryl methyl sites for hydroxylation is 1. The van der Waals surface area contributed by atoms with Gasteiger partial charge in [0.15, 0.2) is 12.4 Å². The summed E-state index contributed by atoms with van der Waals surface area (Å²) < 4.78 is 2.20. The predicted octanol–water partition coefficient (Wildman–Crippen LogP) is 1.98. The Morgan fingerprint density at radius 1 is 1.14 bits per heavy atom. The topological polar surface area (TPSA) is 7.12 Å². The molecule has 14 heavy (non-hydrogen) atoms. The molecule has 0 saturated carbocycles. The summed E-state index contributed by atoms with van der Waals surface area (Å²) >= 11 is 0. The van der Waals surface area contributed by atoms with Gasteiger partial charge in [-0.15, -0.1) is 0 Å². The van der Waals surface area contributed by atoms with Crippen LogP contribution in [0.25, 0.3) is 0 Å². The summed E-state index contributed by atoms with van der Waals surface area (Å²) in [6.45, 7) is 5.69. The fourth-order valence-corrected chi connectivity index (χ4v) is 2.02. The van der Waals surface area contributed by atoms with E-state index in [-0.39, 0.29) is 0 Å². The van der Waals surface area contributed by atoms with Crippen molar-refractivity contribution in [2.24, 2.45) is 0 Å². The zero-order valence-electron chi connectivity index (χ0n) is 8.95. The first-order valence-electron chi connectivity index (χ1n) is 5.64.